The van der Waals surface area contributed by atoms with Crippen LogP contribution in [-0.4, -0.2) is 39.8 Å². The molecule has 0 saturated heterocycles. The van der Waals surface area contributed by atoms with Gasteiger partial charge in [-0.05, 0) is 22.8 Å². The van der Waals surface area contributed by atoms with Gasteiger partial charge in [0.25, 0.3) is 0 Å². The summed E-state index contributed by atoms with van der Waals surface area (Å²) >= 11 is 9.61. The van der Waals surface area contributed by atoms with Crippen LogP contribution >= 0.6 is 27.5 Å². The Morgan fingerprint density at radius 3 is 3.11 bits per heavy atom. The Kier molecular flexibility index (Phi) is 2.88. The third-order valence-corrected chi connectivity index (χ3v) is 3.68. The highest BCUT2D eigenvalue weighted by Gasteiger charge is 2.29. The molecule has 1 aliphatic heterocycles. The van der Waals surface area contributed by atoms with Crippen molar-refractivity contribution in [3.63, 3.8) is 0 Å². The molecule has 18 heavy (non-hydrogen) atoms. The number of hydrogen-bond acceptors (Lipinski definition) is 5. The van der Waals surface area contributed by atoms with Crippen LogP contribution in [0.15, 0.2) is 10.7 Å². The SMILES string of the molecule is CB(O)N1CCOc2c1nc1c(Br)cnn1c2Cl. The summed E-state index contributed by atoms with van der Waals surface area (Å²) in [7, 11) is -0.652. The Morgan fingerprint density at radius 1 is 1.61 bits per heavy atom. The van der Waals surface area contributed by atoms with Crippen molar-refractivity contribution in [1.29, 1.82) is 0 Å². The van der Waals surface area contributed by atoms with E-state index in [1.54, 1.807) is 17.8 Å². The van der Waals surface area contributed by atoms with Crippen molar-refractivity contribution in [3.05, 3.63) is 15.8 Å². The van der Waals surface area contributed by atoms with Crippen molar-refractivity contribution in [1.82, 2.24) is 14.6 Å². The zero-order chi connectivity index (χ0) is 12.9. The first-order chi connectivity index (χ1) is 8.59. The average Bonchev–Trinajstić information content (AvgIpc) is 2.71. The average molecular weight is 331 g/mol. The fraction of sp³-hybridized carbons (Fsp3) is 0.333. The summed E-state index contributed by atoms with van der Waals surface area (Å²) < 4.78 is 7.76. The highest BCUT2D eigenvalue weighted by atomic mass is 79.9. The first-order valence-electron chi connectivity index (χ1n) is 5.40. The van der Waals surface area contributed by atoms with E-state index in [1.807, 2.05) is 0 Å². The molecule has 0 amide bonds. The van der Waals surface area contributed by atoms with Crippen LogP contribution in [0.2, 0.25) is 12.0 Å². The van der Waals surface area contributed by atoms with E-state index in [9.17, 15) is 5.02 Å². The van der Waals surface area contributed by atoms with Gasteiger partial charge in [-0.25, -0.2) is 4.98 Å². The molecule has 0 bridgehead atoms. The van der Waals surface area contributed by atoms with Gasteiger partial charge in [0.1, 0.15) is 6.61 Å². The van der Waals surface area contributed by atoms with E-state index < -0.39 is 7.05 Å². The van der Waals surface area contributed by atoms with E-state index in [4.69, 9.17) is 16.3 Å². The summed E-state index contributed by atoms with van der Waals surface area (Å²) in [5.74, 6) is 0.988. The molecule has 9 heteroatoms. The molecule has 6 nitrogen and oxygen atoms in total. The van der Waals surface area contributed by atoms with Gasteiger partial charge in [0.05, 0.1) is 10.7 Å². The van der Waals surface area contributed by atoms with Crippen LogP contribution in [0.3, 0.4) is 0 Å². The maximum atomic E-state index is 9.76. The molecule has 0 saturated carbocycles. The smallest absolute Gasteiger partial charge is 0.410 e. The second-order valence-corrected chi connectivity index (χ2v) is 5.17. The van der Waals surface area contributed by atoms with E-state index >= 15 is 0 Å². The molecule has 0 radical (unpaired) electrons. The third-order valence-electron chi connectivity index (χ3n) is 2.79. The molecule has 0 atom stereocenters. The van der Waals surface area contributed by atoms with E-state index in [2.05, 4.69) is 26.0 Å². The molecule has 3 heterocycles. The highest BCUT2D eigenvalue weighted by molar-refractivity contribution is 9.10. The second kappa shape index (κ2) is 4.29. The molecule has 3 rings (SSSR count). The Bertz CT molecular complexity index is 620. The minimum atomic E-state index is -0.652. The van der Waals surface area contributed by atoms with Crippen LogP contribution in [0, 0.1) is 0 Å². The molecule has 1 aliphatic rings. The highest BCUT2D eigenvalue weighted by Crippen LogP contribution is 2.38. The number of halogens is 2. The van der Waals surface area contributed by atoms with Crippen molar-refractivity contribution in [2.24, 2.45) is 0 Å². The quantitative estimate of drug-likeness (QED) is 0.633. The predicted molar refractivity (Wildman–Crippen MR) is 72.4 cm³/mol. The normalized spacial score (nSPS) is 14.6. The monoisotopic (exact) mass is 330 g/mol. The molecule has 0 aliphatic carbocycles. The summed E-state index contributed by atoms with van der Waals surface area (Å²) in [6.45, 7) is 2.70. The van der Waals surface area contributed by atoms with Gasteiger partial charge >= 0.3 is 7.05 Å². The Hall–Kier alpha value is -0.985. The van der Waals surface area contributed by atoms with Gasteiger partial charge in [-0.3, -0.25) is 0 Å². The lowest BCUT2D eigenvalue weighted by atomic mass is 9.84. The molecule has 0 spiro atoms. The van der Waals surface area contributed by atoms with Crippen LogP contribution in [0.25, 0.3) is 5.65 Å². The number of rotatable bonds is 1. The summed E-state index contributed by atoms with van der Waals surface area (Å²) in [5, 5.41) is 14.2. The second-order valence-electron chi connectivity index (χ2n) is 3.96. The molecule has 0 aromatic carbocycles. The number of nitrogens with zero attached hydrogens (tertiary/aromatic N) is 4. The first-order valence-corrected chi connectivity index (χ1v) is 6.57. The first kappa shape index (κ1) is 12.1. The largest absolute Gasteiger partial charge is 0.485 e. The Labute approximate surface area is 117 Å². The van der Waals surface area contributed by atoms with Crippen molar-refractivity contribution in [2.45, 2.75) is 6.82 Å². The fourth-order valence-corrected chi connectivity index (χ4v) is 2.55. The molecule has 0 fully saturated rings. The van der Waals surface area contributed by atoms with Crippen LogP contribution in [0.4, 0.5) is 5.82 Å². The van der Waals surface area contributed by atoms with Gasteiger partial charge in [0, 0.05) is 6.54 Å². The summed E-state index contributed by atoms with van der Waals surface area (Å²) in [6, 6.07) is 0. The Morgan fingerprint density at radius 2 is 2.39 bits per heavy atom. The molecule has 0 unspecified atom stereocenters. The zero-order valence-corrected chi connectivity index (χ0v) is 11.8. The number of anilines is 1. The minimum absolute atomic E-state index is 0.353. The summed E-state index contributed by atoms with van der Waals surface area (Å²) in [4.78, 5) is 6.19. The van der Waals surface area contributed by atoms with Crippen molar-refractivity contribution in [2.75, 3.05) is 18.0 Å². The lowest BCUT2D eigenvalue weighted by Gasteiger charge is -2.31. The minimum Gasteiger partial charge on any atom is -0.485 e. The molecular formula is C9H9BBrClN4O2. The lowest BCUT2D eigenvalue weighted by Crippen LogP contribution is -2.43. The van der Waals surface area contributed by atoms with E-state index in [0.717, 1.165) is 4.47 Å². The molecular weight excluding hydrogens is 322 g/mol. The van der Waals surface area contributed by atoms with Crippen LogP contribution in [-0.2, 0) is 0 Å². The zero-order valence-electron chi connectivity index (χ0n) is 9.47. The summed E-state index contributed by atoms with van der Waals surface area (Å²) in [6.07, 6.45) is 1.62. The van der Waals surface area contributed by atoms with Crippen molar-refractivity contribution < 1.29 is 9.76 Å². The number of hydrogen-bond donors (Lipinski definition) is 1. The van der Waals surface area contributed by atoms with E-state index in [1.165, 1.54) is 4.52 Å². The standard InChI is InChI=1S/C9H9BBrClN4O2/c1-10(17)15-2-3-18-6-7(12)16-8(14-9(6)15)5(11)4-13-16/h4,17H,2-3H2,1H3. The summed E-state index contributed by atoms with van der Waals surface area (Å²) in [5.41, 5.74) is 0.593. The maximum absolute atomic E-state index is 9.76. The molecule has 2 aromatic heterocycles. The maximum Gasteiger partial charge on any atom is 0.410 e. The van der Waals surface area contributed by atoms with Gasteiger partial charge < -0.3 is 14.6 Å². The van der Waals surface area contributed by atoms with Crippen LogP contribution in [0.5, 0.6) is 5.75 Å². The van der Waals surface area contributed by atoms with Gasteiger partial charge in [-0.2, -0.15) is 9.61 Å². The predicted octanol–water partition coefficient (Wildman–Crippen LogP) is 1.45. The molecule has 2 aromatic rings. The number of ether oxygens (including phenoxy) is 1. The topological polar surface area (TPSA) is 62.9 Å². The van der Waals surface area contributed by atoms with Crippen molar-refractivity contribution in [3.8, 4) is 5.75 Å². The van der Waals surface area contributed by atoms with Gasteiger partial charge in [0.2, 0.25) is 0 Å². The van der Waals surface area contributed by atoms with E-state index in [0.29, 0.717) is 35.5 Å². The molecule has 94 valence electrons. The number of fused-ring (bicyclic) bond motifs is 2. The fourth-order valence-electron chi connectivity index (χ4n) is 1.94. The molecule has 1 N–H and O–H groups in total. The third kappa shape index (κ3) is 1.67. The van der Waals surface area contributed by atoms with E-state index in [-0.39, 0.29) is 0 Å². The Balaban J connectivity index is 2.29. The van der Waals surface area contributed by atoms with Gasteiger partial charge in [0.15, 0.2) is 22.4 Å². The van der Waals surface area contributed by atoms with Crippen LogP contribution in [0.1, 0.15) is 0 Å². The van der Waals surface area contributed by atoms with Crippen molar-refractivity contribution >= 4 is 46.0 Å². The van der Waals surface area contributed by atoms with Gasteiger partial charge in [-0.15, -0.1) is 0 Å². The number of aromatic nitrogens is 3. The van der Waals surface area contributed by atoms with Gasteiger partial charge in [-0.1, -0.05) is 11.6 Å². The van der Waals surface area contributed by atoms with Crippen LogP contribution < -0.4 is 9.55 Å². The lowest BCUT2D eigenvalue weighted by molar-refractivity contribution is 0.309.